The molecule has 0 bridgehead atoms. The van der Waals surface area contributed by atoms with Gasteiger partial charge >= 0.3 is 6.18 Å². The van der Waals surface area contributed by atoms with Crippen LogP contribution in [-0.2, 0) is 17.5 Å². The predicted octanol–water partition coefficient (Wildman–Crippen LogP) is 2.43. The highest BCUT2D eigenvalue weighted by Crippen LogP contribution is 2.30. The minimum absolute atomic E-state index is 0.0523. The monoisotopic (exact) mass is 394 g/mol. The molecule has 0 unspecified atom stereocenters. The number of amides is 1. The molecule has 1 amide bonds. The Morgan fingerprint density at radius 2 is 1.89 bits per heavy atom. The molecule has 1 aromatic heterocycles. The average molecular weight is 394 g/mol. The van der Waals surface area contributed by atoms with Crippen LogP contribution in [0.25, 0.3) is 11.4 Å². The molecule has 1 saturated heterocycles. The minimum Gasteiger partial charge on any atom is -0.340 e. The summed E-state index contributed by atoms with van der Waals surface area (Å²) in [5, 5.41) is 0. The van der Waals surface area contributed by atoms with E-state index in [-0.39, 0.29) is 11.7 Å². The fourth-order valence-electron chi connectivity index (χ4n) is 3.24. The van der Waals surface area contributed by atoms with Gasteiger partial charge in [-0.3, -0.25) is 14.5 Å². The van der Waals surface area contributed by atoms with E-state index in [2.05, 4.69) is 14.9 Å². The van der Waals surface area contributed by atoms with Crippen molar-refractivity contribution in [1.82, 2.24) is 19.8 Å². The van der Waals surface area contributed by atoms with E-state index in [1.54, 1.807) is 30.0 Å². The first kappa shape index (κ1) is 20.1. The van der Waals surface area contributed by atoms with Crippen molar-refractivity contribution in [2.75, 3.05) is 26.2 Å². The van der Waals surface area contributed by atoms with Gasteiger partial charge in [0.15, 0.2) is 5.69 Å². The molecule has 0 saturated carbocycles. The van der Waals surface area contributed by atoms with Crippen LogP contribution in [0.4, 0.5) is 13.2 Å². The summed E-state index contributed by atoms with van der Waals surface area (Å²) in [5.41, 5.74) is -1.11. The van der Waals surface area contributed by atoms with Crippen molar-refractivity contribution in [2.45, 2.75) is 26.6 Å². The zero-order valence-corrected chi connectivity index (χ0v) is 15.6. The molecule has 1 fully saturated rings. The minimum atomic E-state index is -4.69. The lowest BCUT2D eigenvalue weighted by atomic mass is 10.1. The molecule has 2 heterocycles. The number of H-pyrrole nitrogens is 1. The van der Waals surface area contributed by atoms with Crippen molar-refractivity contribution in [3.05, 3.63) is 51.4 Å². The molecule has 0 spiro atoms. The number of nitrogens with one attached hydrogen (secondary N) is 1. The highest BCUT2D eigenvalue weighted by molar-refractivity contribution is 5.73. The lowest BCUT2D eigenvalue weighted by Crippen LogP contribution is -2.47. The predicted molar refractivity (Wildman–Crippen MR) is 97.6 cm³/mol. The molecular weight excluding hydrogens is 373 g/mol. The highest BCUT2D eigenvalue weighted by Gasteiger charge is 2.36. The topological polar surface area (TPSA) is 69.3 Å². The number of hydrogen-bond acceptors (Lipinski definition) is 4. The summed E-state index contributed by atoms with van der Waals surface area (Å²) in [6.45, 7) is 6.00. The number of aromatic nitrogens is 2. The van der Waals surface area contributed by atoms with E-state index in [1.807, 2.05) is 6.07 Å². The Hall–Kier alpha value is -2.68. The van der Waals surface area contributed by atoms with Crippen LogP contribution in [0.5, 0.6) is 0 Å². The molecule has 150 valence electrons. The number of aromatic amines is 1. The largest absolute Gasteiger partial charge is 0.433 e. The van der Waals surface area contributed by atoms with E-state index in [4.69, 9.17) is 0 Å². The quantitative estimate of drug-likeness (QED) is 0.868. The Kier molecular flexibility index (Phi) is 5.55. The van der Waals surface area contributed by atoms with Gasteiger partial charge in [-0.05, 0) is 18.6 Å². The van der Waals surface area contributed by atoms with Gasteiger partial charge in [0.05, 0.1) is 0 Å². The summed E-state index contributed by atoms with van der Waals surface area (Å²) in [4.78, 5) is 33.4. The molecule has 1 aromatic carbocycles. The number of halogens is 3. The summed E-state index contributed by atoms with van der Waals surface area (Å²) < 4.78 is 39.5. The number of nitrogens with zero attached hydrogens (tertiary/aromatic N) is 3. The van der Waals surface area contributed by atoms with Gasteiger partial charge in [-0.2, -0.15) is 13.2 Å². The lowest BCUT2D eigenvalue weighted by molar-refractivity contribution is -0.141. The third-order valence-electron chi connectivity index (χ3n) is 4.84. The Balaban J connectivity index is 1.82. The van der Waals surface area contributed by atoms with Gasteiger partial charge in [-0.1, -0.05) is 18.2 Å². The second-order valence-electron chi connectivity index (χ2n) is 6.87. The molecule has 6 nitrogen and oxygen atoms in total. The Morgan fingerprint density at radius 3 is 2.50 bits per heavy atom. The maximum atomic E-state index is 13.2. The van der Waals surface area contributed by atoms with E-state index in [1.165, 1.54) is 0 Å². The highest BCUT2D eigenvalue weighted by atomic mass is 19.4. The Labute approximate surface area is 160 Å². The van der Waals surface area contributed by atoms with E-state index in [0.29, 0.717) is 25.2 Å². The third-order valence-corrected chi connectivity index (χ3v) is 4.84. The Bertz CT molecular complexity index is 932. The molecule has 3 rings (SSSR count). The van der Waals surface area contributed by atoms with Gasteiger partial charge in [-0.15, -0.1) is 0 Å². The van der Waals surface area contributed by atoms with E-state index in [9.17, 15) is 22.8 Å². The van der Waals surface area contributed by atoms with Crippen molar-refractivity contribution in [1.29, 1.82) is 0 Å². The number of piperazine rings is 1. The van der Waals surface area contributed by atoms with Crippen LogP contribution in [-0.4, -0.2) is 51.9 Å². The van der Waals surface area contributed by atoms with Crippen LogP contribution >= 0.6 is 0 Å². The molecule has 0 atom stereocenters. The molecule has 1 aliphatic rings. The van der Waals surface area contributed by atoms with Crippen LogP contribution in [0.15, 0.2) is 29.1 Å². The maximum Gasteiger partial charge on any atom is 0.433 e. The van der Waals surface area contributed by atoms with Gasteiger partial charge in [0.2, 0.25) is 5.91 Å². The van der Waals surface area contributed by atoms with Crippen LogP contribution in [0, 0.1) is 6.92 Å². The summed E-state index contributed by atoms with van der Waals surface area (Å²) in [6.07, 6.45) is -4.69. The number of alkyl halides is 3. The van der Waals surface area contributed by atoms with Crippen molar-refractivity contribution >= 4 is 5.91 Å². The Morgan fingerprint density at radius 1 is 1.21 bits per heavy atom. The van der Waals surface area contributed by atoms with Crippen molar-refractivity contribution in [3.63, 3.8) is 0 Å². The molecule has 2 aromatic rings. The molecule has 1 aliphatic heterocycles. The number of carbonyl (C=O) groups is 1. The smallest absolute Gasteiger partial charge is 0.340 e. The standard InChI is InChI=1S/C19H21F3N4O2/c1-12-16(19(20,21)22)23-17(24-18(12)28)15-5-3-4-14(10-15)11-25-6-8-26(9-7-25)13(2)27/h3-5,10H,6-9,11H2,1-2H3,(H,23,24,28). The summed E-state index contributed by atoms with van der Waals surface area (Å²) in [6, 6.07) is 6.94. The zero-order valence-electron chi connectivity index (χ0n) is 15.6. The van der Waals surface area contributed by atoms with Crippen LogP contribution in [0.3, 0.4) is 0 Å². The van der Waals surface area contributed by atoms with Crippen LogP contribution < -0.4 is 5.56 Å². The fraction of sp³-hybridized carbons (Fsp3) is 0.421. The molecule has 0 radical (unpaired) electrons. The first-order chi connectivity index (χ1) is 13.1. The van der Waals surface area contributed by atoms with Gasteiger partial charge in [0.25, 0.3) is 5.56 Å². The van der Waals surface area contributed by atoms with Gasteiger partial charge in [0.1, 0.15) is 5.82 Å². The van der Waals surface area contributed by atoms with Gasteiger partial charge in [0, 0.05) is 50.8 Å². The van der Waals surface area contributed by atoms with Gasteiger partial charge < -0.3 is 9.88 Å². The normalized spacial score (nSPS) is 15.7. The van der Waals surface area contributed by atoms with Crippen LogP contribution in [0.1, 0.15) is 23.7 Å². The lowest BCUT2D eigenvalue weighted by Gasteiger charge is -2.34. The molecule has 1 N–H and O–H groups in total. The second kappa shape index (κ2) is 7.75. The average Bonchev–Trinajstić information content (AvgIpc) is 2.63. The number of carbonyl (C=O) groups excluding carboxylic acids is 1. The second-order valence-corrected chi connectivity index (χ2v) is 6.87. The summed E-state index contributed by atoms with van der Waals surface area (Å²) >= 11 is 0. The molecular formula is C19H21F3N4O2. The van der Waals surface area contributed by atoms with Gasteiger partial charge in [-0.25, -0.2) is 4.98 Å². The first-order valence-corrected chi connectivity index (χ1v) is 8.90. The zero-order chi connectivity index (χ0) is 20.5. The molecule has 9 heteroatoms. The molecule has 0 aliphatic carbocycles. The summed E-state index contributed by atoms with van der Waals surface area (Å²) in [7, 11) is 0. The number of hydrogen-bond donors (Lipinski definition) is 1. The van der Waals surface area contributed by atoms with Crippen molar-refractivity contribution in [2.24, 2.45) is 0 Å². The van der Waals surface area contributed by atoms with Crippen molar-refractivity contribution in [3.8, 4) is 11.4 Å². The SMILES string of the molecule is CC(=O)N1CCN(Cc2cccc(-c3nc(C(F)(F)F)c(C)c(=O)[nH]3)c2)CC1. The van der Waals surface area contributed by atoms with E-state index in [0.717, 1.165) is 25.6 Å². The number of rotatable bonds is 3. The van der Waals surface area contributed by atoms with E-state index >= 15 is 0 Å². The maximum absolute atomic E-state index is 13.2. The fourth-order valence-corrected chi connectivity index (χ4v) is 3.24. The number of benzene rings is 1. The summed E-state index contributed by atoms with van der Waals surface area (Å²) in [5.74, 6) is -0.0531. The third kappa shape index (κ3) is 4.41. The van der Waals surface area contributed by atoms with E-state index < -0.39 is 23.0 Å². The van der Waals surface area contributed by atoms with Crippen molar-refractivity contribution < 1.29 is 18.0 Å². The first-order valence-electron chi connectivity index (χ1n) is 8.90. The van der Waals surface area contributed by atoms with Crippen LogP contribution in [0.2, 0.25) is 0 Å². The molecule has 28 heavy (non-hydrogen) atoms.